The maximum atomic E-state index is 13.0. The van der Waals surface area contributed by atoms with Gasteiger partial charge in [-0.3, -0.25) is 4.79 Å². The summed E-state index contributed by atoms with van der Waals surface area (Å²) in [5.74, 6) is -0.314. The van der Waals surface area contributed by atoms with Gasteiger partial charge in [-0.25, -0.2) is 0 Å². The zero-order chi connectivity index (χ0) is 16.3. The highest BCUT2D eigenvalue weighted by Crippen LogP contribution is 2.33. The van der Waals surface area contributed by atoms with Gasteiger partial charge in [-0.1, -0.05) is 22.0 Å². The standard InChI is InChI=1S/C15H18BrF3N2O.ClH/c1-9-6-10(4-5-20-9)14(22)21-8-11-2-3-12(16)7-13(11)15(17,18)19;/h2-3,7,9-10,20H,4-6,8H2,1H3,(H,21,22);1H/t9-,10-;/m0./s1. The normalized spacial score (nSPS) is 21.4. The molecule has 0 aliphatic carbocycles. The summed E-state index contributed by atoms with van der Waals surface area (Å²) in [6.45, 7) is 2.64. The third-order valence-electron chi connectivity index (χ3n) is 3.82. The van der Waals surface area contributed by atoms with Crippen molar-refractivity contribution in [3.63, 3.8) is 0 Å². The lowest BCUT2D eigenvalue weighted by Gasteiger charge is -2.27. The van der Waals surface area contributed by atoms with Crippen LogP contribution in [0.15, 0.2) is 22.7 Å². The molecular formula is C15H19BrClF3N2O. The Morgan fingerprint density at radius 3 is 2.74 bits per heavy atom. The third kappa shape index (κ3) is 5.65. The molecule has 0 radical (unpaired) electrons. The van der Waals surface area contributed by atoms with E-state index >= 15 is 0 Å². The first-order chi connectivity index (χ1) is 10.3. The van der Waals surface area contributed by atoms with Crippen LogP contribution in [0, 0.1) is 5.92 Å². The van der Waals surface area contributed by atoms with E-state index in [1.54, 1.807) is 6.07 Å². The van der Waals surface area contributed by atoms with E-state index in [-0.39, 0.29) is 42.4 Å². The van der Waals surface area contributed by atoms with Crippen molar-refractivity contribution in [1.82, 2.24) is 10.6 Å². The molecule has 1 amide bonds. The molecule has 2 atom stereocenters. The van der Waals surface area contributed by atoms with Crippen molar-refractivity contribution >= 4 is 34.2 Å². The number of amides is 1. The lowest BCUT2D eigenvalue weighted by Crippen LogP contribution is -2.42. The van der Waals surface area contributed by atoms with Crippen molar-refractivity contribution < 1.29 is 18.0 Å². The largest absolute Gasteiger partial charge is 0.416 e. The fraction of sp³-hybridized carbons (Fsp3) is 0.533. The van der Waals surface area contributed by atoms with E-state index < -0.39 is 11.7 Å². The van der Waals surface area contributed by atoms with E-state index in [1.807, 2.05) is 6.92 Å². The van der Waals surface area contributed by atoms with E-state index in [2.05, 4.69) is 26.6 Å². The zero-order valence-corrected chi connectivity index (χ0v) is 14.9. The van der Waals surface area contributed by atoms with Gasteiger partial charge in [0.2, 0.25) is 5.91 Å². The first kappa shape index (κ1) is 20.3. The predicted molar refractivity (Wildman–Crippen MR) is 88.4 cm³/mol. The maximum Gasteiger partial charge on any atom is 0.416 e. The molecule has 8 heteroatoms. The minimum absolute atomic E-state index is 0. The molecular weight excluding hydrogens is 397 g/mol. The van der Waals surface area contributed by atoms with Crippen LogP contribution in [-0.2, 0) is 17.5 Å². The minimum atomic E-state index is -4.44. The summed E-state index contributed by atoms with van der Waals surface area (Å²) in [7, 11) is 0. The second-order valence-electron chi connectivity index (χ2n) is 5.59. The number of hydrogen-bond donors (Lipinski definition) is 2. The smallest absolute Gasteiger partial charge is 0.352 e. The lowest BCUT2D eigenvalue weighted by atomic mass is 9.92. The molecule has 1 heterocycles. The number of nitrogens with one attached hydrogen (secondary N) is 2. The Morgan fingerprint density at radius 2 is 2.13 bits per heavy atom. The van der Waals surface area contributed by atoms with Crippen LogP contribution >= 0.6 is 28.3 Å². The predicted octanol–water partition coefficient (Wildman–Crippen LogP) is 3.89. The van der Waals surface area contributed by atoms with Gasteiger partial charge < -0.3 is 10.6 Å². The van der Waals surface area contributed by atoms with Crippen LogP contribution in [0.2, 0.25) is 0 Å². The average molecular weight is 416 g/mol. The van der Waals surface area contributed by atoms with Crippen LogP contribution < -0.4 is 10.6 Å². The maximum absolute atomic E-state index is 13.0. The SMILES string of the molecule is C[C@H]1C[C@@H](C(=O)NCc2ccc(Br)cc2C(F)(F)F)CCN1.Cl. The van der Waals surface area contributed by atoms with Crippen molar-refractivity contribution in [3.05, 3.63) is 33.8 Å². The van der Waals surface area contributed by atoms with Gasteiger partial charge in [0.1, 0.15) is 0 Å². The Hall–Kier alpha value is -0.790. The highest BCUT2D eigenvalue weighted by atomic mass is 79.9. The summed E-state index contributed by atoms with van der Waals surface area (Å²) in [4.78, 5) is 12.1. The molecule has 1 fully saturated rings. The number of rotatable bonds is 3. The quantitative estimate of drug-likeness (QED) is 0.786. The summed E-state index contributed by atoms with van der Waals surface area (Å²) < 4.78 is 39.4. The van der Waals surface area contributed by atoms with E-state index in [4.69, 9.17) is 0 Å². The van der Waals surface area contributed by atoms with Gasteiger partial charge in [-0.2, -0.15) is 13.2 Å². The van der Waals surface area contributed by atoms with E-state index in [1.165, 1.54) is 6.07 Å². The molecule has 1 aromatic rings. The lowest BCUT2D eigenvalue weighted by molar-refractivity contribution is -0.138. The molecule has 130 valence electrons. The molecule has 3 nitrogen and oxygen atoms in total. The highest BCUT2D eigenvalue weighted by molar-refractivity contribution is 9.10. The van der Waals surface area contributed by atoms with Gasteiger partial charge in [0, 0.05) is 23.0 Å². The van der Waals surface area contributed by atoms with Gasteiger partial charge >= 0.3 is 6.18 Å². The van der Waals surface area contributed by atoms with Crippen molar-refractivity contribution in [3.8, 4) is 0 Å². The molecule has 0 unspecified atom stereocenters. The first-order valence-electron chi connectivity index (χ1n) is 7.14. The molecule has 1 aromatic carbocycles. The number of alkyl halides is 3. The average Bonchev–Trinajstić information content (AvgIpc) is 2.44. The molecule has 1 aliphatic heterocycles. The molecule has 0 bridgehead atoms. The van der Waals surface area contributed by atoms with Crippen LogP contribution in [0.25, 0.3) is 0 Å². The first-order valence-corrected chi connectivity index (χ1v) is 7.93. The van der Waals surface area contributed by atoms with E-state index in [9.17, 15) is 18.0 Å². The molecule has 0 spiro atoms. The Balaban J connectivity index is 0.00000264. The van der Waals surface area contributed by atoms with Crippen molar-refractivity contribution in [1.29, 1.82) is 0 Å². The summed E-state index contributed by atoms with van der Waals surface area (Å²) in [5.41, 5.74) is -0.646. The number of hydrogen-bond acceptors (Lipinski definition) is 2. The number of carbonyl (C=O) groups excluding carboxylic acids is 1. The second-order valence-corrected chi connectivity index (χ2v) is 6.51. The summed E-state index contributed by atoms with van der Waals surface area (Å²) >= 11 is 3.04. The molecule has 2 N–H and O–H groups in total. The van der Waals surface area contributed by atoms with Crippen LogP contribution in [0.4, 0.5) is 13.2 Å². The summed E-state index contributed by atoms with van der Waals surface area (Å²) in [6, 6.07) is 4.22. The third-order valence-corrected chi connectivity index (χ3v) is 4.32. The molecule has 2 rings (SSSR count). The second kappa shape index (κ2) is 8.35. The molecule has 1 aliphatic rings. The van der Waals surface area contributed by atoms with Crippen LogP contribution in [0.1, 0.15) is 30.9 Å². The summed E-state index contributed by atoms with van der Waals surface area (Å²) in [6.07, 6.45) is -3.02. The molecule has 23 heavy (non-hydrogen) atoms. The van der Waals surface area contributed by atoms with Gasteiger partial charge in [0.25, 0.3) is 0 Å². The van der Waals surface area contributed by atoms with Crippen LogP contribution in [0.3, 0.4) is 0 Å². The van der Waals surface area contributed by atoms with Crippen molar-refractivity contribution in [2.24, 2.45) is 5.92 Å². The van der Waals surface area contributed by atoms with Crippen LogP contribution in [0.5, 0.6) is 0 Å². The van der Waals surface area contributed by atoms with E-state index in [0.29, 0.717) is 17.3 Å². The van der Waals surface area contributed by atoms with Crippen molar-refractivity contribution in [2.45, 2.75) is 38.5 Å². The van der Waals surface area contributed by atoms with Gasteiger partial charge in [0.15, 0.2) is 0 Å². The number of carbonyl (C=O) groups is 1. The molecule has 0 aromatic heterocycles. The van der Waals surface area contributed by atoms with Gasteiger partial charge in [0.05, 0.1) is 5.56 Å². The van der Waals surface area contributed by atoms with Crippen LogP contribution in [-0.4, -0.2) is 18.5 Å². The summed E-state index contributed by atoms with van der Waals surface area (Å²) in [5, 5.41) is 5.88. The molecule has 0 saturated carbocycles. The Morgan fingerprint density at radius 1 is 1.43 bits per heavy atom. The molecule has 1 saturated heterocycles. The van der Waals surface area contributed by atoms with Crippen molar-refractivity contribution in [2.75, 3.05) is 6.54 Å². The Bertz CT molecular complexity index is 554. The van der Waals surface area contributed by atoms with Gasteiger partial charge in [-0.15, -0.1) is 12.4 Å². The highest BCUT2D eigenvalue weighted by Gasteiger charge is 2.33. The number of piperidine rings is 1. The fourth-order valence-corrected chi connectivity index (χ4v) is 3.02. The number of halogens is 5. The minimum Gasteiger partial charge on any atom is -0.352 e. The monoisotopic (exact) mass is 414 g/mol. The fourth-order valence-electron chi connectivity index (χ4n) is 2.66. The number of benzene rings is 1. The topological polar surface area (TPSA) is 41.1 Å². The van der Waals surface area contributed by atoms with Gasteiger partial charge in [-0.05, 0) is 44.0 Å². The Labute approximate surface area is 147 Å². The van der Waals surface area contributed by atoms with E-state index in [0.717, 1.165) is 12.6 Å². The zero-order valence-electron chi connectivity index (χ0n) is 12.5. The Kier molecular flexibility index (Phi) is 7.35.